The Morgan fingerprint density at radius 3 is 1.56 bits per heavy atom. The number of ketones is 4. The van der Waals surface area contributed by atoms with Crippen LogP contribution in [-0.2, 0) is 9.53 Å². The fourth-order valence-electron chi connectivity index (χ4n) is 4.11. The van der Waals surface area contributed by atoms with Crippen LogP contribution < -0.4 is 4.74 Å². The minimum atomic E-state index is -0.795. The second-order valence-corrected chi connectivity index (χ2v) is 7.92. The summed E-state index contributed by atoms with van der Waals surface area (Å²) in [6, 6.07) is 15.5. The molecule has 2 aliphatic carbocycles. The summed E-state index contributed by atoms with van der Waals surface area (Å²) in [6.45, 7) is 2.75. The highest BCUT2D eigenvalue weighted by atomic mass is 16.6. The monoisotopic (exact) mass is 452 g/mol. The first-order valence-corrected chi connectivity index (χ1v) is 10.4. The molecule has 0 aromatic heterocycles. The highest BCUT2D eigenvalue weighted by Gasteiger charge is 2.37. The number of Topliss-reactive ketones (excluding diaryl/α,β-unsaturated/α-hetero) is 2. The summed E-state index contributed by atoms with van der Waals surface area (Å²) >= 11 is 0. The Balaban J connectivity index is 1.63. The van der Waals surface area contributed by atoms with Crippen molar-refractivity contribution in [2.24, 2.45) is 0 Å². The first-order chi connectivity index (χ1) is 16.3. The van der Waals surface area contributed by atoms with E-state index in [2.05, 4.69) is 0 Å². The van der Waals surface area contributed by atoms with Crippen molar-refractivity contribution in [3.05, 3.63) is 111 Å². The molecule has 7 nitrogen and oxygen atoms in total. The Morgan fingerprint density at radius 2 is 1.06 bits per heavy atom. The highest BCUT2D eigenvalue weighted by Crippen LogP contribution is 2.35. The van der Waals surface area contributed by atoms with Gasteiger partial charge in [-0.25, -0.2) is 0 Å². The van der Waals surface area contributed by atoms with Crippen LogP contribution in [0.3, 0.4) is 0 Å². The van der Waals surface area contributed by atoms with E-state index in [1.54, 1.807) is 43.3 Å². The molecule has 0 unspecified atom stereocenters. The number of rotatable bonds is 3. The molecule has 34 heavy (non-hydrogen) atoms. The SMILES string of the molecule is CC(=O)OC1=C(Oc2cc3c(cc2C)C(=O)c2ccccc2C3=O)C(=O)c2ccccc2C1=O. The van der Waals surface area contributed by atoms with Gasteiger partial charge in [-0.2, -0.15) is 0 Å². The quantitative estimate of drug-likeness (QED) is 0.433. The highest BCUT2D eigenvalue weighted by molar-refractivity contribution is 6.29. The molecule has 0 heterocycles. The molecule has 0 amide bonds. The summed E-state index contributed by atoms with van der Waals surface area (Å²) < 4.78 is 10.9. The third-order valence-electron chi connectivity index (χ3n) is 5.71. The van der Waals surface area contributed by atoms with Crippen LogP contribution in [-0.4, -0.2) is 29.1 Å². The Morgan fingerprint density at radius 1 is 0.618 bits per heavy atom. The van der Waals surface area contributed by atoms with E-state index in [1.807, 2.05) is 0 Å². The average molecular weight is 452 g/mol. The van der Waals surface area contributed by atoms with Gasteiger partial charge in [0.05, 0.1) is 0 Å². The van der Waals surface area contributed by atoms with Gasteiger partial charge in [0, 0.05) is 40.3 Å². The van der Waals surface area contributed by atoms with E-state index < -0.39 is 29.1 Å². The van der Waals surface area contributed by atoms with Crippen LogP contribution in [0.1, 0.15) is 65.0 Å². The van der Waals surface area contributed by atoms with Gasteiger partial charge in [-0.05, 0) is 24.6 Å². The maximum absolute atomic E-state index is 13.2. The van der Waals surface area contributed by atoms with Gasteiger partial charge in [0.2, 0.25) is 23.1 Å². The topological polar surface area (TPSA) is 104 Å². The van der Waals surface area contributed by atoms with E-state index in [9.17, 15) is 24.0 Å². The van der Waals surface area contributed by atoms with E-state index >= 15 is 0 Å². The lowest BCUT2D eigenvalue weighted by Crippen LogP contribution is -2.27. The molecular formula is C27H16O7. The van der Waals surface area contributed by atoms with Crippen molar-refractivity contribution in [2.75, 3.05) is 0 Å². The van der Waals surface area contributed by atoms with Gasteiger partial charge in [-0.1, -0.05) is 48.5 Å². The van der Waals surface area contributed by atoms with Gasteiger partial charge < -0.3 is 9.47 Å². The summed E-state index contributed by atoms with van der Waals surface area (Å²) in [6.07, 6.45) is 0. The largest absolute Gasteiger partial charge is 0.449 e. The molecule has 0 aliphatic heterocycles. The molecular weight excluding hydrogens is 436 g/mol. The van der Waals surface area contributed by atoms with Gasteiger partial charge in [0.15, 0.2) is 11.6 Å². The molecule has 0 bridgehead atoms. The van der Waals surface area contributed by atoms with Crippen molar-refractivity contribution in [3.63, 3.8) is 0 Å². The first-order valence-electron chi connectivity index (χ1n) is 10.4. The molecule has 3 aromatic rings. The molecule has 0 fully saturated rings. The molecule has 2 aliphatic rings. The van der Waals surface area contributed by atoms with Crippen LogP contribution >= 0.6 is 0 Å². The molecule has 0 radical (unpaired) electrons. The number of carbonyl (C=O) groups is 5. The van der Waals surface area contributed by atoms with E-state index in [0.717, 1.165) is 6.92 Å². The van der Waals surface area contributed by atoms with E-state index in [1.165, 1.54) is 24.3 Å². The summed E-state index contributed by atoms with van der Waals surface area (Å²) in [5.41, 5.74) is 1.58. The van der Waals surface area contributed by atoms with Gasteiger partial charge in [-0.3, -0.25) is 24.0 Å². The lowest BCUT2D eigenvalue weighted by molar-refractivity contribution is -0.136. The third-order valence-corrected chi connectivity index (χ3v) is 5.71. The molecule has 0 N–H and O–H groups in total. The van der Waals surface area contributed by atoms with Crippen LogP contribution in [0.25, 0.3) is 0 Å². The van der Waals surface area contributed by atoms with E-state index in [4.69, 9.17) is 9.47 Å². The maximum Gasteiger partial charge on any atom is 0.308 e. The number of esters is 1. The minimum Gasteiger partial charge on any atom is -0.449 e. The summed E-state index contributed by atoms with van der Waals surface area (Å²) in [4.78, 5) is 63.9. The second kappa shape index (κ2) is 7.74. The standard InChI is InChI=1S/C27H16O7/c1-13-11-19-20(23(30)16-8-4-3-7-15(16)22(19)29)12-21(13)34-27-25(32)18-10-6-5-9-17(18)24(31)26(27)33-14(2)28/h3-12H,1-2H3. The Bertz CT molecular complexity index is 1510. The molecule has 0 spiro atoms. The van der Waals surface area contributed by atoms with Crippen LogP contribution in [0, 0.1) is 6.92 Å². The normalized spacial score (nSPS) is 14.4. The van der Waals surface area contributed by atoms with Crippen molar-refractivity contribution in [1.29, 1.82) is 0 Å². The zero-order chi connectivity index (χ0) is 24.1. The zero-order valence-electron chi connectivity index (χ0n) is 18.1. The van der Waals surface area contributed by atoms with Crippen LogP contribution in [0.15, 0.2) is 72.2 Å². The maximum atomic E-state index is 13.2. The zero-order valence-corrected chi connectivity index (χ0v) is 18.1. The van der Waals surface area contributed by atoms with E-state index in [-0.39, 0.29) is 45.1 Å². The number of ether oxygens (including phenoxy) is 2. The lowest BCUT2D eigenvalue weighted by atomic mass is 9.83. The van der Waals surface area contributed by atoms with Crippen molar-refractivity contribution in [2.45, 2.75) is 13.8 Å². The number of benzene rings is 3. The van der Waals surface area contributed by atoms with Gasteiger partial charge in [-0.15, -0.1) is 0 Å². The average Bonchev–Trinajstić information content (AvgIpc) is 2.83. The molecule has 7 heteroatoms. The van der Waals surface area contributed by atoms with Crippen molar-refractivity contribution in [1.82, 2.24) is 0 Å². The minimum absolute atomic E-state index is 0.0828. The van der Waals surface area contributed by atoms with Gasteiger partial charge >= 0.3 is 5.97 Å². The molecule has 0 saturated carbocycles. The predicted molar refractivity (Wildman–Crippen MR) is 119 cm³/mol. The van der Waals surface area contributed by atoms with Crippen molar-refractivity contribution in [3.8, 4) is 5.75 Å². The lowest BCUT2D eigenvalue weighted by Gasteiger charge is -2.22. The van der Waals surface area contributed by atoms with Crippen LogP contribution in [0.5, 0.6) is 5.75 Å². The number of carbonyl (C=O) groups excluding carboxylic acids is 5. The van der Waals surface area contributed by atoms with E-state index in [0.29, 0.717) is 11.1 Å². The Labute approximate surface area is 193 Å². The molecule has 5 rings (SSSR count). The van der Waals surface area contributed by atoms with Gasteiger partial charge in [0.1, 0.15) is 5.75 Å². The van der Waals surface area contributed by atoms with Crippen LogP contribution in [0.2, 0.25) is 0 Å². The van der Waals surface area contributed by atoms with Gasteiger partial charge in [0.25, 0.3) is 0 Å². The summed E-state index contributed by atoms with van der Waals surface area (Å²) in [7, 11) is 0. The molecule has 166 valence electrons. The fourth-order valence-corrected chi connectivity index (χ4v) is 4.11. The smallest absolute Gasteiger partial charge is 0.308 e. The van der Waals surface area contributed by atoms with Crippen molar-refractivity contribution < 1.29 is 33.4 Å². The molecule has 3 aromatic carbocycles. The number of hydrogen-bond donors (Lipinski definition) is 0. The fraction of sp³-hybridized carbons (Fsp3) is 0.0741. The van der Waals surface area contributed by atoms with Crippen molar-refractivity contribution >= 4 is 29.1 Å². The Hall–Kier alpha value is -4.65. The predicted octanol–water partition coefficient (Wildman–Crippen LogP) is 4.00. The number of fused-ring (bicyclic) bond motifs is 3. The first kappa shape index (κ1) is 21.2. The second-order valence-electron chi connectivity index (χ2n) is 7.92. The number of allylic oxidation sites excluding steroid dienone is 2. The van der Waals surface area contributed by atoms with Crippen LogP contribution in [0.4, 0.5) is 0 Å². The summed E-state index contributed by atoms with van der Waals surface area (Å²) in [5.74, 6) is -3.67. The summed E-state index contributed by atoms with van der Waals surface area (Å²) in [5, 5.41) is 0. The molecule has 0 saturated heterocycles. The molecule has 0 atom stereocenters. The third kappa shape index (κ3) is 3.17. The number of hydrogen-bond acceptors (Lipinski definition) is 7. The Kier molecular flexibility index (Phi) is 4.83. The number of aryl methyl sites for hydroxylation is 1.